The predicted octanol–water partition coefficient (Wildman–Crippen LogP) is -0.184. The predicted molar refractivity (Wildman–Crippen MR) is 64.4 cm³/mol. The summed E-state index contributed by atoms with van der Waals surface area (Å²) in [6.45, 7) is 4.43. The number of nitrogens with one attached hydrogen (secondary N) is 2. The Labute approximate surface area is 101 Å². The first-order valence-electron chi connectivity index (χ1n) is 5.23. The SMILES string of the molecule is CCn1cc(S(=O)(=O)NCCC(=N)N)nc1C. The van der Waals surface area contributed by atoms with Crippen molar-refractivity contribution in [2.45, 2.75) is 31.8 Å². The van der Waals surface area contributed by atoms with Crippen LogP contribution in [0.3, 0.4) is 0 Å². The van der Waals surface area contributed by atoms with Crippen molar-refractivity contribution in [1.82, 2.24) is 14.3 Å². The third-order valence-electron chi connectivity index (χ3n) is 2.26. The lowest BCUT2D eigenvalue weighted by atomic mass is 10.4. The maximum absolute atomic E-state index is 11.8. The Bertz CT molecular complexity index is 505. The number of sulfonamides is 1. The largest absolute Gasteiger partial charge is 0.388 e. The molecule has 0 atom stereocenters. The highest BCUT2D eigenvalue weighted by atomic mass is 32.2. The summed E-state index contributed by atoms with van der Waals surface area (Å²) in [5.41, 5.74) is 5.14. The van der Waals surface area contributed by atoms with Crippen molar-refractivity contribution in [3.05, 3.63) is 12.0 Å². The molecular formula is C9H17N5O2S. The molecule has 1 aromatic rings. The average molecular weight is 259 g/mol. The lowest BCUT2D eigenvalue weighted by Gasteiger charge is -2.02. The number of nitrogens with zero attached hydrogens (tertiary/aromatic N) is 2. The van der Waals surface area contributed by atoms with E-state index in [0.29, 0.717) is 12.4 Å². The van der Waals surface area contributed by atoms with Gasteiger partial charge in [-0.05, 0) is 13.8 Å². The fraction of sp³-hybridized carbons (Fsp3) is 0.556. The number of aromatic nitrogens is 2. The van der Waals surface area contributed by atoms with E-state index in [4.69, 9.17) is 11.1 Å². The Kier molecular flexibility index (Phi) is 4.24. The number of aryl methyl sites for hydroxylation is 2. The van der Waals surface area contributed by atoms with Crippen LogP contribution in [0.5, 0.6) is 0 Å². The van der Waals surface area contributed by atoms with Gasteiger partial charge in [0.25, 0.3) is 10.0 Å². The van der Waals surface area contributed by atoms with E-state index in [0.717, 1.165) is 0 Å². The average Bonchev–Trinajstić information content (AvgIpc) is 2.59. The van der Waals surface area contributed by atoms with Crippen LogP contribution in [0.15, 0.2) is 11.2 Å². The van der Waals surface area contributed by atoms with Gasteiger partial charge in [-0.3, -0.25) is 5.41 Å². The monoisotopic (exact) mass is 259 g/mol. The molecule has 0 radical (unpaired) electrons. The van der Waals surface area contributed by atoms with Crippen LogP contribution in [0.4, 0.5) is 0 Å². The molecule has 0 amide bonds. The summed E-state index contributed by atoms with van der Waals surface area (Å²) < 4.78 is 27.7. The van der Waals surface area contributed by atoms with Gasteiger partial charge < -0.3 is 10.3 Å². The van der Waals surface area contributed by atoms with E-state index in [1.165, 1.54) is 6.20 Å². The van der Waals surface area contributed by atoms with Crippen LogP contribution >= 0.6 is 0 Å². The molecule has 0 saturated carbocycles. The number of amidine groups is 1. The molecule has 0 spiro atoms. The van der Waals surface area contributed by atoms with Crippen LogP contribution in [0.2, 0.25) is 0 Å². The maximum Gasteiger partial charge on any atom is 0.259 e. The molecule has 17 heavy (non-hydrogen) atoms. The highest BCUT2D eigenvalue weighted by Crippen LogP contribution is 2.08. The zero-order valence-electron chi connectivity index (χ0n) is 9.90. The fourth-order valence-electron chi connectivity index (χ4n) is 1.32. The molecule has 7 nitrogen and oxygen atoms in total. The Morgan fingerprint density at radius 3 is 2.76 bits per heavy atom. The molecule has 8 heteroatoms. The number of hydrogen-bond donors (Lipinski definition) is 3. The quantitative estimate of drug-likeness (QED) is 0.485. The summed E-state index contributed by atoms with van der Waals surface area (Å²) in [6.07, 6.45) is 1.68. The van der Waals surface area contributed by atoms with Gasteiger partial charge in [-0.2, -0.15) is 0 Å². The maximum atomic E-state index is 11.8. The third kappa shape index (κ3) is 3.53. The van der Waals surface area contributed by atoms with E-state index in [-0.39, 0.29) is 23.8 Å². The molecule has 1 aromatic heterocycles. The first-order valence-corrected chi connectivity index (χ1v) is 6.71. The van der Waals surface area contributed by atoms with E-state index in [1.54, 1.807) is 11.5 Å². The molecule has 0 aromatic carbocycles. The molecule has 1 heterocycles. The van der Waals surface area contributed by atoms with Gasteiger partial charge in [0.05, 0.1) is 5.84 Å². The van der Waals surface area contributed by atoms with Crippen LogP contribution in [-0.2, 0) is 16.6 Å². The van der Waals surface area contributed by atoms with Crippen molar-refractivity contribution in [3.8, 4) is 0 Å². The number of hydrogen-bond acceptors (Lipinski definition) is 4. The molecule has 0 saturated heterocycles. The van der Waals surface area contributed by atoms with E-state index in [1.807, 2.05) is 6.92 Å². The molecule has 1 rings (SSSR count). The Morgan fingerprint density at radius 1 is 1.65 bits per heavy atom. The zero-order valence-corrected chi connectivity index (χ0v) is 10.7. The highest BCUT2D eigenvalue weighted by molar-refractivity contribution is 7.89. The van der Waals surface area contributed by atoms with E-state index < -0.39 is 10.0 Å². The molecule has 0 bridgehead atoms. The van der Waals surface area contributed by atoms with Crippen LogP contribution < -0.4 is 10.5 Å². The van der Waals surface area contributed by atoms with Crippen LogP contribution in [0, 0.1) is 12.3 Å². The number of nitrogens with two attached hydrogens (primary N) is 1. The molecule has 96 valence electrons. The standard InChI is InChI=1S/C9H17N5O2S/c1-3-14-6-9(13-7(14)2)17(15,16)12-5-4-8(10)11/h6,12H,3-5H2,1-2H3,(H3,10,11). The topological polar surface area (TPSA) is 114 Å². The van der Waals surface area contributed by atoms with Gasteiger partial charge in [0.2, 0.25) is 0 Å². The van der Waals surface area contributed by atoms with Crippen molar-refractivity contribution >= 4 is 15.9 Å². The summed E-state index contributed by atoms with van der Waals surface area (Å²) in [6, 6.07) is 0. The van der Waals surface area contributed by atoms with Crippen LogP contribution in [0.25, 0.3) is 0 Å². The summed E-state index contributed by atoms with van der Waals surface area (Å²) in [4.78, 5) is 3.98. The molecule has 0 unspecified atom stereocenters. The Morgan fingerprint density at radius 2 is 2.29 bits per heavy atom. The smallest absolute Gasteiger partial charge is 0.259 e. The summed E-state index contributed by atoms with van der Waals surface area (Å²) in [5.74, 6) is 0.599. The minimum absolute atomic E-state index is 0.000372. The van der Waals surface area contributed by atoms with Gasteiger partial charge in [0.15, 0.2) is 5.03 Å². The normalized spacial score (nSPS) is 11.6. The first-order chi connectivity index (χ1) is 7.86. The molecular weight excluding hydrogens is 242 g/mol. The Hall–Kier alpha value is -1.41. The molecule has 0 aliphatic rings. The van der Waals surface area contributed by atoms with Gasteiger partial charge in [-0.15, -0.1) is 0 Å². The van der Waals surface area contributed by atoms with E-state index >= 15 is 0 Å². The van der Waals surface area contributed by atoms with Crippen molar-refractivity contribution < 1.29 is 8.42 Å². The highest BCUT2D eigenvalue weighted by Gasteiger charge is 2.18. The fourth-order valence-corrected chi connectivity index (χ4v) is 2.36. The molecule has 0 aliphatic heterocycles. The zero-order chi connectivity index (χ0) is 13.1. The van der Waals surface area contributed by atoms with Gasteiger partial charge in [-0.1, -0.05) is 0 Å². The molecule has 0 fully saturated rings. The summed E-state index contributed by atoms with van der Waals surface area (Å²) in [7, 11) is -3.60. The minimum Gasteiger partial charge on any atom is -0.388 e. The lowest BCUT2D eigenvalue weighted by molar-refractivity contribution is 0.579. The second kappa shape index (κ2) is 5.28. The second-order valence-corrected chi connectivity index (χ2v) is 5.30. The van der Waals surface area contributed by atoms with Crippen molar-refractivity contribution in [2.75, 3.05) is 6.54 Å². The third-order valence-corrected chi connectivity index (χ3v) is 3.59. The van der Waals surface area contributed by atoms with E-state index in [2.05, 4.69) is 9.71 Å². The van der Waals surface area contributed by atoms with Crippen molar-refractivity contribution in [3.63, 3.8) is 0 Å². The number of rotatable bonds is 6. The van der Waals surface area contributed by atoms with Crippen molar-refractivity contribution in [1.29, 1.82) is 5.41 Å². The second-order valence-electron chi connectivity index (χ2n) is 3.59. The van der Waals surface area contributed by atoms with Crippen LogP contribution in [-0.4, -0.2) is 30.3 Å². The number of imidazole rings is 1. The van der Waals surface area contributed by atoms with E-state index in [9.17, 15) is 8.42 Å². The molecule has 0 aliphatic carbocycles. The van der Waals surface area contributed by atoms with Gasteiger partial charge >= 0.3 is 0 Å². The Balaban J connectivity index is 2.79. The summed E-state index contributed by atoms with van der Waals surface area (Å²) in [5, 5.41) is 7.00. The first kappa shape index (κ1) is 13.7. The van der Waals surface area contributed by atoms with Crippen LogP contribution in [0.1, 0.15) is 19.2 Å². The lowest BCUT2D eigenvalue weighted by Crippen LogP contribution is -2.28. The van der Waals surface area contributed by atoms with Crippen molar-refractivity contribution in [2.24, 2.45) is 5.73 Å². The minimum atomic E-state index is -3.60. The van der Waals surface area contributed by atoms with Gasteiger partial charge in [0.1, 0.15) is 5.82 Å². The molecule has 4 N–H and O–H groups in total. The van der Waals surface area contributed by atoms with Gasteiger partial charge in [-0.25, -0.2) is 18.1 Å². The van der Waals surface area contributed by atoms with Gasteiger partial charge in [0, 0.05) is 25.7 Å². The summed E-state index contributed by atoms with van der Waals surface area (Å²) >= 11 is 0.